The van der Waals surface area contributed by atoms with E-state index in [4.69, 9.17) is 4.74 Å². The molecule has 0 aliphatic carbocycles. The lowest BCUT2D eigenvalue weighted by Crippen LogP contribution is -2.42. The van der Waals surface area contributed by atoms with Crippen molar-refractivity contribution in [2.75, 3.05) is 49.8 Å². The smallest absolute Gasteiger partial charge is 0.247 e. The minimum Gasteiger partial charge on any atom is -0.494 e. The molecule has 202 valence electrons. The molecule has 2 aromatic heterocycles. The number of carbonyl (C=O) groups excluding carboxylic acids is 1. The fourth-order valence-corrected chi connectivity index (χ4v) is 5.03. The maximum atomic E-state index is 12.4. The molecule has 39 heavy (non-hydrogen) atoms. The van der Waals surface area contributed by atoms with Crippen molar-refractivity contribution in [3.8, 4) is 17.0 Å². The number of anilines is 4. The van der Waals surface area contributed by atoms with Gasteiger partial charge in [-0.1, -0.05) is 12.6 Å². The van der Waals surface area contributed by atoms with Gasteiger partial charge in [-0.2, -0.15) is 5.10 Å². The van der Waals surface area contributed by atoms with Gasteiger partial charge in [0.15, 0.2) is 0 Å². The highest BCUT2D eigenvalue weighted by molar-refractivity contribution is 6.02. The van der Waals surface area contributed by atoms with Gasteiger partial charge in [-0.3, -0.25) is 9.48 Å². The van der Waals surface area contributed by atoms with Crippen molar-refractivity contribution < 1.29 is 9.53 Å². The van der Waals surface area contributed by atoms with E-state index in [2.05, 4.69) is 62.2 Å². The summed E-state index contributed by atoms with van der Waals surface area (Å²) in [5, 5.41) is 11.7. The average molecular weight is 527 g/mol. The van der Waals surface area contributed by atoms with E-state index in [9.17, 15) is 4.79 Å². The maximum Gasteiger partial charge on any atom is 0.247 e. The summed E-state index contributed by atoms with van der Waals surface area (Å²) in [7, 11) is 7.77. The molecule has 2 aromatic carbocycles. The van der Waals surface area contributed by atoms with Crippen LogP contribution in [0.1, 0.15) is 12.8 Å². The van der Waals surface area contributed by atoms with Crippen LogP contribution >= 0.6 is 0 Å². The standard InChI is InChI=1S/C29H34N8O2/c1-6-29(38)34-23-14-24(27(39-5)16-26(23)36(3)21-9-11-35(2)12-10-21)33-28-15-22(30-18-31-28)19-7-8-25-20(13-19)17-32-37(25)4/h6-8,13-18,21H,1,9-12H2,2-5H3,(H,34,38)(H,30,31,33). The number of amides is 1. The van der Waals surface area contributed by atoms with Crippen molar-refractivity contribution in [2.24, 2.45) is 7.05 Å². The van der Waals surface area contributed by atoms with Crippen LogP contribution in [0.15, 0.2) is 61.6 Å². The Balaban J connectivity index is 1.47. The number of likely N-dealkylation sites (tertiary alicyclic amines) is 1. The quantitative estimate of drug-likeness (QED) is 0.325. The van der Waals surface area contributed by atoms with Gasteiger partial charge in [0.25, 0.3) is 0 Å². The van der Waals surface area contributed by atoms with Crippen LogP contribution in [-0.4, -0.2) is 70.9 Å². The van der Waals surface area contributed by atoms with E-state index < -0.39 is 0 Å². The summed E-state index contributed by atoms with van der Waals surface area (Å²) in [4.78, 5) is 25.8. The van der Waals surface area contributed by atoms with Crippen LogP contribution in [0.5, 0.6) is 5.75 Å². The Hall–Kier alpha value is -4.44. The number of ether oxygens (including phenoxy) is 1. The lowest BCUT2D eigenvalue weighted by Gasteiger charge is -2.37. The highest BCUT2D eigenvalue weighted by Crippen LogP contribution is 2.39. The third kappa shape index (κ3) is 5.56. The number of fused-ring (bicyclic) bond motifs is 1. The van der Waals surface area contributed by atoms with Crippen LogP contribution in [0, 0.1) is 0 Å². The Morgan fingerprint density at radius 2 is 1.92 bits per heavy atom. The number of hydrogen-bond acceptors (Lipinski definition) is 8. The minimum atomic E-state index is -0.278. The number of benzene rings is 2. The Morgan fingerprint density at radius 3 is 2.67 bits per heavy atom. The molecule has 0 atom stereocenters. The molecule has 1 saturated heterocycles. The maximum absolute atomic E-state index is 12.4. The normalized spacial score (nSPS) is 14.3. The van der Waals surface area contributed by atoms with Gasteiger partial charge in [0.1, 0.15) is 17.9 Å². The highest BCUT2D eigenvalue weighted by atomic mass is 16.5. The molecule has 1 aliphatic rings. The molecule has 5 rings (SSSR count). The minimum absolute atomic E-state index is 0.278. The van der Waals surface area contributed by atoms with E-state index in [-0.39, 0.29) is 5.91 Å². The van der Waals surface area contributed by atoms with Gasteiger partial charge in [-0.05, 0) is 57.3 Å². The summed E-state index contributed by atoms with van der Waals surface area (Å²) in [5.74, 6) is 0.958. The molecule has 0 bridgehead atoms. The molecule has 1 fully saturated rings. The van der Waals surface area contributed by atoms with Crippen LogP contribution in [0.4, 0.5) is 22.9 Å². The van der Waals surface area contributed by atoms with E-state index >= 15 is 0 Å². The van der Waals surface area contributed by atoms with Crippen LogP contribution in [-0.2, 0) is 11.8 Å². The Bertz CT molecular complexity index is 1510. The van der Waals surface area contributed by atoms with Crippen molar-refractivity contribution in [2.45, 2.75) is 18.9 Å². The second kappa shape index (κ2) is 11.1. The first-order valence-electron chi connectivity index (χ1n) is 12.9. The molecule has 3 heterocycles. The number of nitrogens with one attached hydrogen (secondary N) is 2. The Labute approximate surface area is 228 Å². The summed E-state index contributed by atoms with van der Waals surface area (Å²) in [6, 6.07) is 12.2. The number of rotatable bonds is 8. The number of aryl methyl sites for hydroxylation is 1. The molecule has 0 radical (unpaired) electrons. The number of piperidine rings is 1. The molecular weight excluding hydrogens is 492 g/mol. The second-order valence-corrected chi connectivity index (χ2v) is 9.86. The third-order valence-electron chi connectivity index (χ3n) is 7.35. The first-order chi connectivity index (χ1) is 18.9. The lowest BCUT2D eigenvalue weighted by molar-refractivity contribution is -0.111. The largest absolute Gasteiger partial charge is 0.494 e. The fraction of sp³-hybridized carbons (Fsp3) is 0.310. The molecule has 0 spiro atoms. The highest BCUT2D eigenvalue weighted by Gasteiger charge is 2.24. The monoisotopic (exact) mass is 526 g/mol. The fourth-order valence-electron chi connectivity index (χ4n) is 5.03. The zero-order chi connectivity index (χ0) is 27.5. The summed E-state index contributed by atoms with van der Waals surface area (Å²) < 4.78 is 7.62. The van der Waals surface area contributed by atoms with Crippen LogP contribution in [0.25, 0.3) is 22.2 Å². The van der Waals surface area contributed by atoms with Gasteiger partial charge >= 0.3 is 0 Å². The van der Waals surface area contributed by atoms with E-state index in [0.717, 1.165) is 53.8 Å². The number of nitrogens with zero attached hydrogens (tertiary/aromatic N) is 6. The van der Waals surface area contributed by atoms with Crippen molar-refractivity contribution in [3.05, 3.63) is 61.6 Å². The van der Waals surface area contributed by atoms with Crippen LogP contribution in [0.3, 0.4) is 0 Å². The second-order valence-electron chi connectivity index (χ2n) is 9.86. The Morgan fingerprint density at radius 1 is 1.13 bits per heavy atom. The number of aromatic nitrogens is 4. The molecule has 2 N–H and O–H groups in total. The molecule has 4 aromatic rings. The predicted octanol–water partition coefficient (Wildman–Crippen LogP) is 4.44. The number of methoxy groups -OCH3 is 1. The van der Waals surface area contributed by atoms with Crippen molar-refractivity contribution >= 4 is 39.7 Å². The lowest BCUT2D eigenvalue weighted by atomic mass is 10.0. The first kappa shape index (κ1) is 26.2. The van der Waals surface area contributed by atoms with Crippen LogP contribution < -0.4 is 20.3 Å². The molecule has 1 amide bonds. The van der Waals surface area contributed by atoms with Crippen LogP contribution in [0.2, 0.25) is 0 Å². The molecular formula is C29H34N8O2. The van der Waals surface area contributed by atoms with E-state index in [0.29, 0.717) is 29.0 Å². The first-order valence-corrected chi connectivity index (χ1v) is 12.9. The molecule has 10 nitrogen and oxygen atoms in total. The van der Waals surface area contributed by atoms with Gasteiger partial charge in [-0.15, -0.1) is 0 Å². The molecule has 10 heteroatoms. The SMILES string of the molecule is C=CC(=O)Nc1cc(Nc2cc(-c3ccc4c(cnn4C)c3)ncn2)c(OC)cc1N(C)C1CCN(C)CC1. The summed E-state index contributed by atoms with van der Waals surface area (Å²) in [6.45, 7) is 5.68. The van der Waals surface area contributed by atoms with Crippen molar-refractivity contribution in [1.29, 1.82) is 0 Å². The topological polar surface area (TPSA) is 100 Å². The van der Waals surface area contributed by atoms with E-state index in [1.165, 1.54) is 12.4 Å². The van der Waals surface area contributed by atoms with Gasteiger partial charge in [0.05, 0.1) is 41.6 Å². The van der Waals surface area contributed by atoms with E-state index in [1.807, 2.05) is 48.3 Å². The summed E-state index contributed by atoms with van der Waals surface area (Å²) in [5.41, 5.74) is 5.01. The van der Waals surface area contributed by atoms with Gasteiger partial charge < -0.3 is 25.2 Å². The van der Waals surface area contributed by atoms with Crippen molar-refractivity contribution in [3.63, 3.8) is 0 Å². The molecule has 0 unspecified atom stereocenters. The van der Waals surface area contributed by atoms with Gasteiger partial charge in [-0.25, -0.2) is 9.97 Å². The average Bonchev–Trinajstić information content (AvgIpc) is 3.33. The number of hydrogen-bond donors (Lipinski definition) is 2. The molecule has 1 aliphatic heterocycles. The number of carbonyl (C=O) groups is 1. The summed E-state index contributed by atoms with van der Waals surface area (Å²) >= 11 is 0. The third-order valence-corrected chi connectivity index (χ3v) is 7.35. The van der Waals surface area contributed by atoms with Gasteiger partial charge in [0, 0.05) is 43.2 Å². The Kier molecular flexibility index (Phi) is 7.47. The molecule has 0 saturated carbocycles. The predicted molar refractivity (Wildman–Crippen MR) is 156 cm³/mol. The van der Waals surface area contributed by atoms with Gasteiger partial charge in [0.2, 0.25) is 5.91 Å². The zero-order valence-electron chi connectivity index (χ0n) is 22.8. The van der Waals surface area contributed by atoms with Crippen molar-refractivity contribution in [1.82, 2.24) is 24.6 Å². The summed E-state index contributed by atoms with van der Waals surface area (Å²) in [6.07, 6.45) is 6.72. The zero-order valence-corrected chi connectivity index (χ0v) is 22.8. The van der Waals surface area contributed by atoms with E-state index in [1.54, 1.807) is 7.11 Å².